The Labute approximate surface area is 113 Å². The minimum Gasteiger partial charge on any atom is -0.343 e. The van der Waals surface area contributed by atoms with Crippen LogP contribution in [0.15, 0.2) is 0 Å². The van der Waals surface area contributed by atoms with Crippen LogP contribution in [-0.4, -0.2) is 23.3 Å². The van der Waals surface area contributed by atoms with E-state index in [-0.39, 0.29) is 11.8 Å². The van der Waals surface area contributed by atoms with Crippen molar-refractivity contribution in [1.29, 1.82) is 0 Å². The molecular formula is C13H23N3O3. The summed E-state index contributed by atoms with van der Waals surface area (Å²) in [5, 5.41) is 2.52. The van der Waals surface area contributed by atoms with E-state index in [1.54, 1.807) is 20.8 Å². The SMILES string of the molecule is CC(C)(C)NC(=O)C(=O)NNC(=O)C1CCCCC1. The lowest BCUT2D eigenvalue weighted by molar-refractivity contribution is -0.142. The summed E-state index contributed by atoms with van der Waals surface area (Å²) in [6.45, 7) is 5.33. The zero-order valence-corrected chi connectivity index (χ0v) is 11.8. The monoisotopic (exact) mass is 269 g/mol. The van der Waals surface area contributed by atoms with Crippen molar-refractivity contribution in [1.82, 2.24) is 16.2 Å². The molecule has 108 valence electrons. The third-order valence-electron chi connectivity index (χ3n) is 2.97. The van der Waals surface area contributed by atoms with Crippen LogP contribution in [0.3, 0.4) is 0 Å². The Hall–Kier alpha value is -1.59. The van der Waals surface area contributed by atoms with Crippen molar-refractivity contribution in [2.75, 3.05) is 0 Å². The Morgan fingerprint density at radius 3 is 2.00 bits per heavy atom. The Morgan fingerprint density at radius 2 is 1.47 bits per heavy atom. The largest absolute Gasteiger partial charge is 0.343 e. The molecule has 1 rings (SSSR count). The Balaban J connectivity index is 2.33. The van der Waals surface area contributed by atoms with Crippen molar-refractivity contribution in [2.45, 2.75) is 58.4 Å². The third-order valence-corrected chi connectivity index (χ3v) is 2.97. The molecule has 0 unspecified atom stereocenters. The quantitative estimate of drug-likeness (QED) is 0.482. The maximum atomic E-state index is 11.8. The highest BCUT2D eigenvalue weighted by Gasteiger charge is 2.23. The van der Waals surface area contributed by atoms with Gasteiger partial charge in [0.15, 0.2) is 0 Å². The molecule has 0 heterocycles. The number of carbonyl (C=O) groups is 3. The lowest BCUT2D eigenvalue weighted by Crippen LogP contribution is -2.53. The summed E-state index contributed by atoms with van der Waals surface area (Å²) in [5.41, 5.74) is 3.99. The molecular weight excluding hydrogens is 246 g/mol. The van der Waals surface area contributed by atoms with Gasteiger partial charge in [0.1, 0.15) is 0 Å². The van der Waals surface area contributed by atoms with Gasteiger partial charge in [-0.15, -0.1) is 0 Å². The maximum absolute atomic E-state index is 11.8. The fourth-order valence-electron chi connectivity index (χ4n) is 2.04. The van der Waals surface area contributed by atoms with Crippen LogP contribution >= 0.6 is 0 Å². The van der Waals surface area contributed by atoms with Gasteiger partial charge in [0.2, 0.25) is 5.91 Å². The van der Waals surface area contributed by atoms with Crippen LogP contribution in [0.2, 0.25) is 0 Å². The minimum absolute atomic E-state index is 0.0558. The van der Waals surface area contributed by atoms with Crippen molar-refractivity contribution >= 4 is 17.7 Å². The number of hydrogen-bond donors (Lipinski definition) is 3. The van der Waals surface area contributed by atoms with Gasteiger partial charge < -0.3 is 5.32 Å². The molecule has 6 heteroatoms. The molecule has 6 nitrogen and oxygen atoms in total. The van der Waals surface area contributed by atoms with E-state index in [0.29, 0.717) is 0 Å². The van der Waals surface area contributed by atoms with E-state index in [2.05, 4.69) is 16.2 Å². The summed E-state index contributed by atoms with van der Waals surface area (Å²) in [5.74, 6) is -1.87. The molecule has 0 saturated heterocycles. The fraction of sp³-hybridized carbons (Fsp3) is 0.769. The van der Waals surface area contributed by atoms with Gasteiger partial charge in [-0.2, -0.15) is 0 Å². The first-order valence-electron chi connectivity index (χ1n) is 6.72. The standard InChI is InChI=1S/C13H23N3O3/c1-13(2,3)14-11(18)12(19)16-15-10(17)9-7-5-4-6-8-9/h9H,4-8H2,1-3H3,(H,14,18)(H,15,17)(H,16,19). The average molecular weight is 269 g/mol. The summed E-state index contributed by atoms with van der Waals surface area (Å²) in [7, 11) is 0. The highest BCUT2D eigenvalue weighted by atomic mass is 16.2. The third kappa shape index (κ3) is 5.72. The molecule has 3 N–H and O–H groups in total. The van der Waals surface area contributed by atoms with E-state index < -0.39 is 17.4 Å². The fourth-order valence-corrected chi connectivity index (χ4v) is 2.04. The van der Waals surface area contributed by atoms with Crippen molar-refractivity contribution in [3.8, 4) is 0 Å². The van der Waals surface area contributed by atoms with Gasteiger partial charge in [0.05, 0.1) is 0 Å². The molecule has 0 aromatic rings. The first kappa shape index (κ1) is 15.5. The van der Waals surface area contributed by atoms with E-state index in [0.717, 1.165) is 32.1 Å². The molecule has 3 amide bonds. The van der Waals surface area contributed by atoms with Gasteiger partial charge in [-0.25, -0.2) is 0 Å². The molecule has 19 heavy (non-hydrogen) atoms. The second kappa shape index (κ2) is 6.54. The summed E-state index contributed by atoms with van der Waals surface area (Å²) >= 11 is 0. The van der Waals surface area contributed by atoms with Gasteiger partial charge in [0, 0.05) is 11.5 Å². The van der Waals surface area contributed by atoms with Crippen LogP contribution in [0.5, 0.6) is 0 Å². The topological polar surface area (TPSA) is 87.3 Å². The second-order valence-electron chi connectivity index (χ2n) is 5.98. The molecule has 1 saturated carbocycles. The van der Waals surface area contributed by atoms with E-state index in [4.69, 9.17) is 0 Å². The first-order valence-corrected chi connectivity index (χ1v) is 6.72. The summed E-state index contributed by atoms with van der Waals surface area (Å²) in [4.78, 5) is 34.7. The van der Waals surface area contributed by atoms with E-state index in [9.17, 15) is 14.4 Å². The molecule has 0 aromatic carbocycles. The molecule has 0 radical (unpaired) electrons. The summed E-state index contributed by atoms with van der Waals surface area (Å²) < 4.78 is 0. The van der Waals surface area contributed by atoms with Crippen molar-refractivity contribution in [3.63, 3.8) is 0 Å². The van der Waals surface area contributed by atoms with Crippen molar-refractivity contribution in [3.05, 3.63) is 0 Å². The Kier molecular flexibility index (Phi) is 5.32. The highest BCUT2D eigenvalue weighted by Crippen LogP contribution is 2.23. The van der Waals surface area contributed by atoms with Crippen LogP contribution in [0, 0.1) is 5.92 Å². The van der Waals surface area contributed by atoms with Gasteiger partial charge >= 0.3 is 11.8 Å². The van der Waals surface area contributed by atoms with E-state index in [1.807, 2.05) is 0 Å². The van der Waals surface area contributed by atoms with E-state index >= 15 is 0 Å². The van der Waals surface area contributed by atoms with E-state index in [1.165, 1.54) is 0 Å². The van der Waals surface area contributed by atoms with Gasteiger partial charge in [-0.3, -0.25) is 25.2 Å². The second-order valence-corrected chi connectivity index (χ2v) is 5.98. The lowest BCUT2D eigenvalue weighted by atomic mass is 9.89. The molecule has 0 aromatic heterocycles. The van der Waals surface area contributed by atoms with Crippen molar-refractivity contribution in [2.24, 2.45) is 5.92 Å². The average Bonchev–Trinajstić information content (AvgIpc) is 2.34. The van der Waals surface area contributed by atoms with Gasteiger partial charge in [0.25, 0.3) is 0 Å². The Bertz CT molecular complexity index is 355. The number of hydrazine groups is 1. The van der Waals surface area contributed by atoms with Crippen LogP contribution < -0.4 is 16.2 Å². The highest BCUT2D eigenvalue weighted by molar-refractivity contribution is 6.35. The lowest BCUT2D eigenvalue weighted by Gasteiger charge is -2.22. The minimum atomic E-state index is -0.848. The van der Waals surface area contributed by atoms with Crippen LogP contribution in [0.1, 0.15) is 52.9 Å². The molecule has 0 atom stereocenters. The Morgan fingerprint density at radius 1 is 0.895 bits per heavy atom. The van der Waals surface area contributed by atoms with Crippen molar-refractivity contribution < 1.29 is 14.4 Å². The number of hydrogen-bond acceptors (Lipinski definition) is 3. The first-order chi connectivity index (χ1) is 8.79. The molecule has 1 fully saturated rings. The molecule has 0 spiro atoms. The number of carbonyl (C=O) groups excluding carboxylic acids is 3. The van der Waals surface area contributed by atoms with Gasteiger partial charge in [-0.05, 0) is 33.6 Å². The molecule has 1 aliphatic rings. The van der Waals surface area contributed by atoms with Crippen LogP contribution in [-0.2, 0) is 14.4 Å². The smallest absolute Gasteiger partial charge is 0.327 e. The molecule has 0 bridgehead atoms. The predicted octanol–water partition coefficient (Wildman–Crippen LogP) is 0.629. The normalized spacial score (nSPS) is 16.6. The molecule has 1 aliphatic carbocycles. The molecule has 0 aliphatic heterocycles. The maximum Gasteiger partial charge on any atom is 0.327 e. The zero-order chi connectivity index (χ0) is 14.5. The number of amides is 3. The summed E-state index contributed by atoms with van der Waals surface area (Å²) in [6, 6.07) is 0. The van der Waals surface area contributed by atoms with Crippen LogP contribution in [0.4, 0.5) is 0 Å². The number of rotatable bonds is 1. The number of nitrogens with one attached hydrogen (secondary N) is 3. The summed E-state index contributed by atoms with van der Waals surface area (Å²) in [6.07, 6.45) is 4.92. The zero-order valence-electron chi connectivity index (χ0n) is 11.8. The van der Waals surface area contributed by atoms with Crippen LogP contribution in [0.25, 0.3) is 0 Å². The predicted molar refractivity (Wildman–Crippen MR) is 70.8 cm³/mol. The van der Waals surface area contributed by atoms with Gasteiger partial charge in [-0.1, -0.05) is 19.3 Å².